The van der Waals surface area contributed by atoms with Crippen LogP contribution in [0.2, 0.25) is 5.02 Å². The summed E-state index contributed by atoms with van der Waals surface area (Å²) in [5.74, 6) is -0.150. The van der Waals surface area contributed by atoms with E-state index in [9.17, 15) is 13.2 Å². The zero-order chi connectivity index (χ0) is 18.0. The molecule has 1 amide bonds. The molecule has 0 atom stereocenters. The van der Waals surface area contributed by atoms with E-state index in [1.54, 1.807) is 42.5 Å². The first-order valence-corrected chi connectivity index (χ1v) is 9.34. The van der Waals surface area contributed by atoms with Crippen molar-refractivity contribution in [3.63, 3.8) is 0 Å². The van der Waals surface area contributed by atoms with Crippen LogP contribution in [0.15, 0.2) is 53.6 Å². The lowest BCUT2D eigenvalue weighted by Gasteiger charge is -2.09. The summed E-state index contributed by atoms with van der Waals surface area (Å²) in [6.45, 7) is 1.76. The van der Waals surface area contributed by atoms with E-state index in [0.717, 1.165) is 5.56 Å². The Hall–Kier alpha value is -2.51. The van der Waals surface area contributed by atoms with Crippen LogP contribution in [0.3, 0.4) is 0 Å². The SMILES string of the molecule is CC(=O)NCc1cccc(NS(=O)(=O)c2c[nH]c3cc(Cl)ccc23)c1. The summed E-state index contributed by atoms with van der Waals surface area (Å²) < 4.78 is 28.0. The Balaban J connectivity index is 1.88. The zero-order valence-corrected chi connectivity index (χ0v) is 14.9. The molecule has 0 aliphatic heterocycles. The maximum Gasteiger partial charge on any atom is 0.264 e. The lowest BCUT2D eigenvalue weighted by Crippen LogP contribution is -2.19. The van der Waals surface area contributed by atoms with Gasteiger partial charge in [-0.15, -0.1) is 0 Å². The third kappa shape index (κ3) is 3.94. The van der Waals surface area contributed by atoms with Crippen molar-refractivity contribution in [2.45, 2.75) is 18.4 Å². The Morgan fingerprint density at radius 1 is 1.20 bits per heavy atom. The van der Waals surface area contributed by atoms with Gasteiger partial charge >= 0.3 is 0 Å². The number of benzene rings is 2. The van der Waals surface area contributed by atoms with Gasteiger partial charge in [-0.3, -0.25) is 9.52 Å². The molecule has 0 radical (unpaired) electrons. The van der Waals surface area contributed by atoms with Crippen LogP contribution in [0, 0.1) is 0 Å². The van der Waals surface area contributed by atoms with Gasteiger partial charge in [-0.25, -0.2) is 8.42 Å². The minimum Gasteiger partial charge on any atom is -0.360 e. The van der Waals surface area contributed by atoms with Crippen LogP contribution >= 0.6 is 11.6 Å². The van der Waals surface area contributed by atoms with Crippen molar-refractivity contribution in [1.82, 2.24) is 10.3 Å². The molecule has 0 spiro atoms. The van der Waals surface area contributed by atoms with Crippen molar-refractivity contribution in [2.24, 2.45) is 0 Å². The molecule has 6 nitrogen and oxygen atoms in total. The quantitative estimate of drug-likeness (QED) is 0.637. The van der Waals surface area contributed by atoms with Crippen LogP contribution in [0.4, 0.5) is 5.69 Å². The minimum atomic E-state index is -3.77. The van der Waals surface area contributed by atoms with E-state index in [4.69, 9.17) is 11.6 Å². The summed E-state index contributed by atoms with van der Waals surface area (Å²) >= 11 is 5.93. The van der Waals surface area contributed by atoms with E-state index in [0.29, 0.717) is 28.2 Å². The summed E-state index contributed by atoms with van der Waals surface area (Å²) in [6, 6.07) is 11.8. The number of carbonyl (C=O) groups is 1. The molecule has 1 heterocycles. The first-order chi connectivity index (χ1) is 11.8. The normalized spacial score (nSPS) is 11.4. The van der Waals surface area contributed by atoms with Gasteiger partial charge in [-0.1, -0.05) is 23.7 Å². The fourth-order valence-corrected chi connectivity index (χ4v) is 3.88. The number of fused-ring (bicyclic) bond motifs is 1. The average molecular weight is 378 g/mol. The molecule has 3 rings (SSSR count). The monoisotopic (exact) mass is 377 g/mol. The predicted molar refractivity (Wildman–Crippen MR) is 98.1 cm³/mol. The van der Waals surface area contributed by atoms with E-state index >= 15 is 0 Å². The number of nitrogens with one attached hydrogen (secondary N) is 3. The molecular weight excluding hydrogens is 362 g/mol. The van der Waals surface area contributed by atoms with Gasteiger partial charge in [-0.2, -0.15) is 0 Å². The molecule has 0 fully saturated rings. The number of anilines is 1. The van der Waals surface area contributed by atoms with Crippen molar-refractivity contribution >= 4 is 44.1 Å². The van der Waals surface area contributed by atoms with Crippen LogP contribution < -0.4 is 10.0 Å². The van der Waals surface area contributed by atoms with Crippen LogP contribution in [-0.2, 0) is 21.4 Å². The van der Waals surface area contributed by atoms with Crippen molar-refractivity contribution in [1.29, 1.82) is 0 Å². The molecular formula is C17H16ClN3O3S. The van der Waals surface area contributed by atoms with E-state index in [2.05, 4.69) is 15.0 Å². The molecule has 3 N–H and O–H groups in total. The Kier molecular flexibility index (Phi) is 4.69. The number of H-pyrrole nitrogens is 1. The van der Waals surface area contributed by atoms with Gasteiger partial charge in [0.05, 0.1) is 0 Å². The third-order valence-electron chi connectivity index (χ3n) is 3.62. The lowest BCUT2D eigenvalue weighted by atomic mass is 10.2. The molecule has 3 aromatic rings. The highest BCUT2D eigenvalue weighted by Gasteiger charge is 2.19. The van der Waals surface area contributed by atoms with Crippen molar-refractivity contribution in [3.05, 3.63) is 59.2 Å². The summed E-state index contributed by atoms with van der Waals surface area (Å²) in [7, 11) is -3.77. The van der Waals surface area contributed by atoms with E-state index < -0.39 is 10.0 Å². The zero-order valence-electron chi connectivity index (χ0n) is 13.3. The number of amides is 1. The number of aromatic amines is 1. The van der Waals surface area contributed by atoms with Gasteiger partial charge in [-0.05, 0) is 35.9 Å². The number of hydrogen-bond acceptors (Lipinski definition) is 3. The second-order valence-electron chi connectivity index (χ2n) is 5.56. The maximum atomic E-state index is 12.7. The summed E-state index contributed by atoms with van der Waals surface area (Å²) in [6.07, 6.45) is 1.44. The molecule has 0 bridgehead atoms. The fraction of sp³-hybridized carbons (Fsp3) is 0.118. The highest BCUT2D eigenvalue weighted by Crippen LogP contribution is 2.27. The fourth-order valence-electron chi connectivity index (χ4n) is 2.48. The summed E-state index contributed by atoms with van der Waals surface area (Å²) in [5, 5.41) is 3.76. The first kappa shape index (κ1) is 17.3. The smallest absolute Gasteiger partial charge is 0.264 e. The summed E-state index contributed by atoms with van der Waals surface area (Å²) in [5.41, 5.74) is 1.86. The molecule has 0 unspecified atom stereocenters. The van der Waals surface area contributed by atoms with Crippen molar-refractivity contribution in [2.75, 3.05) is 4.72 Å². The molecule has 25 heavy (non-hydrogen) atoms. The van der Waals surface area contributed by atoms with Gasteiger partial charge in [0.25, 0.3) is 10.0 Å². The Morgan fingerprint density at radius 2 is 2.00 bits per heavy atom. The second-order valence-corrected chi connectivity index (χ2v) is 7.65. The molecule has 0 aliphatic rings. The predicted octanol–water partition coefficient (Wildman–Crippen LogP) is 3.26. The molecule has 1 aromatic heterocycles. The second kappa shape index (κ2) is 6.78. The Bertz CT molecular complexity index is 1040. The molecule has 0 saturated carbocycles. The van der Waals surface area contributed by atoms with Crippen molar-refractivity contribution in [3.8, 4) is 0 Å². The molecule has 130 valence electrons. The standard InChI is InChI=1S/C17H16ClN3O3S/c1-11(22)19-9-12-3-2-4-14(7-12)21-25(23,24)17-10-20-16-8-13(18)5-6-15(16)17/h2-8,10,20-21H,9H2,1H3,(H,19,22). The summed E-state index contributed by atoms with van der Waals surface area (Å²) in [4.78, 5) is 14.1. The Labute approximate surface area is 150 Å². The van der Waals surface area contributed by atoms with Crippen LogP contribution in [0.1, 0.15) is 12.5 Å². The highest BCUT2D eigenvalue weighted by atomic mass is 35.5. The van der Waals surface area contributed by atoms with Crippen molar-refractivity contribution < 1.29 is 13.2 Å². The van der Waals surface area contributed by atoms with Gasteiger partial charge in [0.15, 0.2) is 0 Å². The number of halogens is 1. The molecule has 8 heteroatoms. The Morgan fingerprint density at radius 3 is 2.76 bits per heavy atom. The molecule has 0 aliphatic carbocycles. The topological polar surface area (TPSA) is 91.1 Å². The molecule has 2 aromatic carbocycles. The number of aromatic nitrogens is 1. The van der Waals surface area contributed by atoms with E-state index in [1.807, 2.05) is 0 Å². The number of carbonyl (C=O) groups excluding carboxylic acids is 1. The highest BCUT2D eigenvalue weighted by molar-refractivity contribution is 7.93. The minimum absolute atomic E-state index is 0.145. The third-order valence-corrected chi connectivity index (χ3v) is 5.27. The van der Waals surface area contributed by atoms with Gasteiger partial charge in [0.2, 0.25) is 5.91 Å². The van der Waals surface area contributed by atoms with Gasteiger partial charge < -0.3 is 10.3 Å². The van der Waals surface area contributed by atoms with Gasteiger partial charge in [0, 0.05) is 41.3 Å². The average Bonchev–Trinajstić information content (AvgIpc) is 2.96. The first-order valence-electron chi connectivity index (χ1n) is 7.48. The van der Waals surface area contributed by atoms with Crippen LogP contribution in [0.5, 0.6) is 0 Å². The maximum absolute atomic E-state index is 12.7. The van der Waals surface area contributed by atoms with E-state index in [-0.39, 0.29) is 10.8 Å². The van der Waals surface area contributed by atoms with Gasteiger partial charge in [0.1, 0.15) is 4.90 Å². The molecule has 0 saturated heterocycles. The van der Waals surface area contributed by atoms with E-state index in [1.165, 1.54) is 13.1 Å². The largest absolute Gasteiger partial charge is 0.360 e. The van der Waals surface area contributed by atoms with Crippen LogP contribution in [-0.4, -0.2) is 19.3 Å². The number of rotatable bonds is 5. The lowest BCUT2D eigenvalue weighted by molar-refractivity contribution is -0.119. The number of sulfonamides is 1. The van der Waals surface area contributed by atoms with Crippen LogP contribution in [0.25, 0.3) is 10.9 Å². The number of hydrogen-bond donors (Lipinski definition) is 3.